The van der Waals surface area contributed by atoms with Gasteiger partial charge < -0.3 is 15.5 Å². The van der Waals surface area contributed by atoms with Gasteiger partial charge in [-0.05, 0) is 69.1 Å². The van der Waals surface area contributed by atoms with Crippen molar-refractivity contribution >= 4 is 5.96 Å². The number of piperidine rings is 1. The number of hydrogen-bond acceptors (Lipinski definition) is 2. The van der Waals surface area contributed by atoms with Gasteiger partial charge in [0.1, 0.15) is 0 Å². The molecule has 1 heterocycles. The largest absolute Gasteiger partial charge is 0.356 e. The van der Waals surface area contributed by atoms with Gasteiger partial charge in [-0.2, -0.15) is 0 Å². The summed E-state index contributed by atoms with van der Waals surface area (Å²) in [5.74, 6) is 3.98. The van der Waals surface area contributed by atoms with Crippen LogP contribution in [0.2, 0.25) is 0 Å². The summed E-state index contributed by atoms with van der Waals surface area (Å²) in [6.07, 6.45) is 11.3. The molecule has 0 atom stereocenters. The van der Waals surface area contributed by atoms with Gasteiger partial charge in [-0.15, -0.1) is 0 Å². The first kappa shape index (κ1) is 14.8. The first-order valence-corrected chi connectivity index (χ1v) is 9.54. The highest BCUT2D eigenvalue weighted by Crippen LogP contribution is 2.48. The van der Waals surface area contributed by atoms with Gasteiger partial charge >= 0.3 is 0 Å². The van der Waals surface area contributed by atoms with Gasteiger partial charge in [-0.25, -0.2) is 0 Å². The van der Waals surface area contributed by atoms with Gasteiger partial charge in [0.05, 0.1) is 0 Å². The number of guanidine groups is 1. The van der Waals surface area contributed by atoms with Gasteiger partial charge in [0, 0.05) is 38.8 Å². The van der Waals surface area contributed by atoms with E-state index >= 15 is 0 Å². The van der Waals surface area contributed by atoms with Gasteiger partial charge in [0.15, 0.2) is 5.96 Å². The average molecular weight is 304 g/mol. The van der Waals surface area contributed by atoms with Crippen LogP contribution in [0.1, 0.15) is 51.4 Å². The van der Waals surface area contributed by atoms with Crippen LogP contribution in [0.25, 0.3) is 0 Å². The maximum Gasteiger partial charge on any atom is 0.191 e. The Morgan fingerprint density at radius 1 is 1.00 bits per heavy atom. The minimum absolute atomic E-state index is 0.612. The molecule has 0 aromatic rings. The maximum absolute atomic E-state index is 4.46. The Bertz CT molecular complexity index is 389. The molecule has 0 bridgehead atoms. The first-order chi connectivity index (χ1) is 10.8. The molecule has 1 aliphatic heterocycles. The van der Waals surface area contributed by atoms with E-state index in [1.54, 1.807) is 0 Å². The summed E-state index contributed by atoms with van der Waals surface area (Å²) in [4.78, 5) is 7.15. The van der Waals surface area contributed by atoms with E-state index in [0.717, 1.165) is 36.3 Å². The van der Waals surface area contributed by atoms with Crippen LogP contribution in [0.4, 0.5) is 0 Å². The average Bonchev–Trinajstić information content (AvgIpc) is 3.41. The van der Waals surface area contributed by atoms with Crippen molar-refractivity contribution in [3.8, 4) is 0 Å². The monoisotopic (exact) mass is 304 g/mol. The Balaban J connectivity index is 1.20. The summed E-state index contributed by atoms with van der Waals surface area (Å²) < 4.78 is 0. The Morgan fingerprint density at radius 2 is 1.64 bits per heavy atom. The number of nitrogens with one attached hydrogen (secondary N) is 2. The topological polar surface area (TPSA) is 39.7 Å². The Labute approximate surface area is 135 Å². The van der Waals surface area contributed by atoms with Crippen LogP contribution in [0.3, 0.4) is 0 Å². The number of rotatable bonds is 6. The number of nitrogens with zero attached hydrogens (tertiary/aromatic N) is 2. The van der Waals surface area contributed by atoms with Crippen molar-refractivity contribution in [2.24, 2.45) is 22.7 Å². The van der Waals surface area contributed by atoms with E-state index in [1.807, 2.05) is 7.05 Å². The van der Waals surface area contributed by atoms with Gasteiger partial charge in [0.25, 0.3) is 0 Å². The van der Waals surface area contributed by atoms with Gasteiger partial charge in [-0.1, -0.05) is 0 Å². The minimum Gasteiger partial charge on any atom is -0.356 e. The van der Waals surface area contributed by atoms with E-state index in [4.69, 9.17) is 0 Å². The smallest absolute Gasteiger partial charge is 0.191 e. The van der Waals surface area contributed by atoms with Gasteiger partial charge in [0.2, 0.25) is 0 Å². The van der Waals surface area contributed by atoms with Crippen LogP contribution < -0.4 is 10.6 Å². The molecule has 0 unspecified atom stereocenters. The zero-order valence-corrected chi connectivity index (χ0v) is 14.1. The summed E-state index contributed by atoms with van der Waals surface area (Å²) in [5.41, 5.74) is 0. The molecule has 4 aliphatic rings. The molecule has 0 aromatic heterocycles. The molecule has 4 heteroatoms. The summed E-state index contributed by atoms with van der Waals surface area (Å²) in [6.45, 7) is 3.67. The lowest BCUT2D eigenvalue weighted by atomic mass is 9.98. The van der Waals surface area contributed by atoms with Crippen molar-refractivity contribution in [3.63, 3.8) is 0 Å². The molecule has 124 valence electrons. The highest BCUT2D eigenvalue weighted by molar-refractivity contribution is 5.80. The lowest BCUT2D eigenvalue weighted by Crippen LogP contribution is -2.49. The molecule has 4 fully saturated rings. The summed E-state index contributed by atoms with van der Waals surface area (Å²) in [6, 6.07) is 1.54. The molecule has 4 rings (SSSR count). The number of likely N-dealkylation sites (tertiary alicyclic amines) is 1. The van der Waals surface area contributed by atoms with E-state index in [1.165, 1.54) is 64.5 Å². The normalized spacial score (nSPS) is 28.2. The fourth-order valence-corrected chi connectivity index (χ4v) is 4.22. The highest BCUT2D eigenvalue weighted by atomic mass is 15.2. The van der Waals surface area contributed by atoms with Crippen LogP contribution in [0.15, 0.2) is 4.99 Å². The lowest BCUT2D eigenvalue weighted by Gasteiger charge is -2.33. The summed E-state index contributed by atoms with van der Waals surface area (Å²) in [7, 11) is 1.91. The second-order valence-electron chi connectivity index (χ2n) is 7.98. The van der Waals surface area contributed by atoms with Crippen LogP contribution >= 0.6 is 0 Å². The predicted octanol–water partition coefficient (Wildman–Crippen LogP) is 2.21. The maximum atomic E-state index is 4.46. The third kappa shape index (κ3) is 3.76. The van der Waals surface area contributed by atoms with Crippen molar-refractivity contribution in [1.82, 2.24) is 15.5 Å². The molecule has 2 N–H and O–H groups in total. The van der Waals surface area contributed by atoms with E-state index in [-0.39, 0.29) is 0 Å². The minimum atomic E-state index is 0.612. The standard InChI is InChI=1S/C18H32N4/c1-19-18(20-12-17(13-2-3-13)14-4-5-14)21-15-8-10-22(11-9-15)16-6-7-16/h13-17H,2-12H2,1H3,(H2,19,20,21). The van der Waals surface area contributed by atoms with E-state index < -0.39 is 0 Å². The van der Waals surface area contributed by atoms with Crippen LogP contribution in [0, 0.1) is 17.8 Å². The van der Waals surface area contributed by atoms with Crippen molar-refractivity contribution in [2.75, 3.05) is 26.7 Å². The van der Waals surface area contributed by atoms with Crippen molar-refractivity contribution in [1.29, 1.82) is 0 Å². The predicted molar refractivity (Wildman–Crippen MR) is 91.1 cm³/mol. The molecule has 3 saturated carbocycles. The quantitative estimate of drug-likeness (QED) is 0.584. The molecule has 0 radical (unpaired) electrons. The SMILES string of the molecule is CN=C(NCC(C1CC1)C1CC1)NC1CCN(C2CC2)CC1. The highest BCUT2D eigenvalue weighted by Gasteiger charge is 2.41. The molecule has 3 aliphatic carbocycles. The third-order valence-corrected chi connectivity index (χ3v) is 6.12. The summed E-state index contributed by atoms with van der Waals surface area (Å²) >= 11 is 0. The van der Waals surface area contributed by atoms with E-state index in [9.17, 15) is 0 Å². The van der Waals surface area contributed by atoms with Crippen molar-refractivity contribution < 1.29 is 0 Å². The molecule has 4 nitrogen and oxygen atoms in total. The zero-order valence-electron chi connectivity index (χ0n) is 14.1. The van der Waals surface area contributed by atoms with Crippen LogP contribution in [0.5, 0.6) is 0 Å². The van der Waals surface area contributed by atoms with Crippen molar-refractivity contribution in [2.45, 2.75) is 63.5 Å². The fourth-order valence-electron chi connectivity index (χ4n) is 4.22. The number of hydrogen-bond donors (Lipinski definition) is 2. The Morgan fingerprint density at radius 3 is 2.14 bits per heavy atom. The second kappa shape index (κ2) is 6.38. The third-order valence-electron chi connectivity index (χ3n) is 6.12. The number of aliphatic imine (C=N–C) groups is 1. The fraction of sp³-hybridized carbons (Fsp3) is 0.944. The first-order valence-electron chi connectivity index (χ1n) is 9.54. The van der Waals surface area contributed by atoms with Crippen LogP contribution in [-0.4, -0.2) is 49.6 Å². The molecule has 0 aromatic carbocycles. The van der Waals surface area contributed by atoms with Crippen molar-refractivity contribution in [3.05, 3.63) is 0 Å². The van der Waals surface area contributed by atoms with Gasteiger partial charge in [-0.3, -0.25) is 4.99 Å². The lowest BCUT2D eigenvalue weighted by molar-refractivity contribution is 0.197. The molecular weight excluding hydrogens is 272 g/mol. The molecule has 0 amide bonds. The molecular formula is C18H32N4. The molecule has 22 heavy (non-hydrogen) atoms. The molecule has 1 saturated heterocycles. The Kier molecular flexibility index (Phi) is 4.29. The summed E-state index contributed by atoms with van der Waals surface area (Å²) in [5, 5.41) is 7.30. The molecule has 0 spiro atoms. The van der Waals surface area contributed by atoms with E-state index in [0.29, 0.717) is 6.04 Å². The Hall–Kier alpha value is -0.770. The van der Waals surface area contributed by atoms with Crippen LogP contribution in [-0.2, 0) is 0 Å². The van der Waals surface area contributed by atoms with E-state index in [2.05, 4.69) is 20.5 Å². The zero-order chi connectivity index (χ0) is 14.9. The second-order valence-corrected chi connectivity index (χ2v) is 7.98.